The molecule has 2 aromatic heterocycles. The quantitative estimate of drug-likeness (QED) is 0.752. The first-order chi connectivity index (χ1) is 7.06. The average molecular weight is 240 g/mol. The van der Waals surface area contributed by atoms with Crippen molar-refractivity contribution in [2.24, 2.45) is 0 Å². The van der Waals surface area contributed by atoms with Gasteiger partial charge in [-0.05, 0) is 17.9 Å². The number of aryl methyl sites for hydroxylation is 1. The second kappa shape index (κ2) is 3.39. The Kier molecular flexibility index (Phi) is 2.32. The van der Waals surface area contributed by atoms with E-state index in [1.165, 1.54) is 17.7 Å². The number of hydrogen-bond donors (Lipinski definition) is 0. The molecule has 15 heavy (non-hydrogen) atoms. The topological polar surface area (TPSA) is 59.9 Å². The van der Waals surface area contributed by atoms with E-state index in [1.54, 1.807) is 0 Å². The average Bonchev–Trinajstić information content (AvgIpc) is 2.60. The lowest BCUT2D eigenvalue weighted by Gasteiger charge is -1.98. The molecule has 2 heterocycles. The fraction of sp³-hybridized carbons (Fsp3) is 0.111. The third-order valence-corrected chi connectivity index (χ3v) is 4.50. The van der Waals surface area contributed by atoms with Crippen molar-refractivity contribution in [3.63, 3.8) is 0 Å². The Morgan fingerprint density at radius 1 is 1.47 bits per heavy atom. The Bertz CT molecular complexity index is 629. The molecule has 0 atom stereocenters. The normalized spacial score (nSPS) is 11.8. The second-order valence-electron chi connectivity index (χ2n) is 2.99. The van der Waals surface area contributed by atoms with Crippen LogP contribution in [0.3, 0.4) is 0 Å². The lowest BCUT2D eigenvalue weighted by Crippen LogP contribution is -1.99. The van der Waals surface area contributed by atoms with Gasteiger partial charge in [0.25, 0.3) is 0 Å². The van der Waals surface area contributed by atoms with E-state index in [2.05, 4.69) is 16.5 Å². The Morgan fingerprint density at radius 2 is 2.20 bits per heavy atom. The Labute approximate surface area is 91.2 Å². The maximum Gasteiger partial charge on any atom is 0.218 e. The molecule has 0 amide bonds. The number of nitrogens with zero attached hydrogens (tertiary/aromatic N) is 2. The van der Waals surface area contributed by atoms with Gasteiger partial charge in [0.05, 0.1) is 10.2 Å². The molecule has 4 nitrogen and oxygen atoms in total. The first-order valence-electron chi connectivity index (χ1n) is 4.12. The predicted molar refractivity (Wildman–Crippen MR) is 59.5 cm³/mol. The van der Waals surface area contributed by atoms with Crippen LogP contribution in [-0.4, -0.2) is 18.4 Å². The lowest BCUT2D eigenvalue weighted by molar-refractivity contribution is 0.602. The van der Waals surface area contributed by atoms with Crippen molar-refractivity contribution < 1.29 is 8.42 Å². The Balaban J connectivity index is 2.89. The van der Waals surface area contributed by atoms with Gasteiger partial charge in [0.2, 0.25) is 9.84 Å². The summed E-state index contributed by atoms with van der Waals surface area (Å²) < 4.78 is 23.8. The lowest BCUT2D eigenvalue weighted by atomic mass is 10.3. The molecule has 0 fully saturated rings. The van der Waals surface area contributed by atoms with Crippen molar-refractivity contribution in [2.75, 3.05) is 0 Å². The monoisotopic (exact) mass is 240 g/mol. The number of rotatable bonds is 2. The van der Waals surface area contributed by atoms with Gasteiger partial charge in [0, 0.05) is 5.41 Å². The first-order valence-corrected chi connectivity index (χ1v) is 6.55. The van der Waals surface area contributed by atoms with Crippen molar-refractivity contribution in [1.29, 1.82) is 0 Å². The van der Waals surface area contributed by atoms with E-state index in [0.29, 0.717) is 10.2 Å². The highest BCUT2D eigenvalue weighted by molar-refractivity contribution is 7.94. The summed E-state index contributed by atoms with van der Waals surface area (Å²) in [5.41, 5.74) is 1.65. The van der Waals surface area contributed by atoms with Gasteiger partial charge in [-0.15, -0.1) is 11.3 Å². The maximum atomic E-state index is 11.6. The maximum absolute atomic E-state index is 11.6. The summed E-state index contributed by atoms with van der Waals surface area (Å²) in [5, 5.41) is 2.81. The van der Waals surface area contributed by atoms with E-state index >= 15 is 0 Å². The molecule has 0 spiro atoms. The highest BCUT2D eigenvalue weighted by atomic mass is 32.2. The van der Waals surface area contributed by atoms with Crippen LogP contribution in [-0.2, 0) is 9.84 Å². The summed E-state index contributed by atoms with van der Waals surface area (Å²) >= 11 is 1.33. The van der Waals surface area contributed by atoms with E-state index in [0.717, 1.165) is 11.0 Å². The van der Waals surface area contributed by atoms with Crippen molar-refractivity contribution >= 4 is 31.4 Å². The molecule has 78 valence electrons. The number of thiophene rings is 1. The summed E-state index contributed by atoms with van der Waals surface area (Å²) in [6.45, 7) is 5.16. The molecule has 0 radical (unpaired) electrons. The fourth-order valence-electron chi connectivity index (χ4n) is 1.23. The van der Waals surface area contributed by atoms with Gasteiger partial charge in [-0.1, -0.05) is 6.58 Å². The molecule has 0 bridgehead atoms. The van der Waals surface area contributed by atoms with Crippen LogP contribution >= 0.6 is 11.3 Å². The van der Waals surface area contributed by atoms with E-state index in [4.69, 9.17) is 0 Å². The summed E-state index contributed by atoms with van der Waals surface area (Å²) in [6, 6.07) is 0. The van der Waals surface area contributed by atoms with Gasteiger partial charge in [-0.2, -0.15) is 0 Å². The summed E-state index contributed by atoms with van der Waals surface area (Å²) in [7, 11) is -3.49. The van der Waals surface area contributed by atoms with E-state index < -0.39 is 9.84 Å². The summed E-state index contributed by atoms with van der Waals surface area (Å²) in [6.07, 6.45) is 1.26. The smallest absolute Gasteiger partial charge is 0.218 e. The van der Waals surface area contributed by atoms with E-state index in [-0.39, 0.29) is 5.03 Å². The van der Waals surface area contributed by atoms with Gasteiger partial charge in [-0.25, -0.2) is 18.4 Å². The predicted octanol–water partition coefficient (Wildman–Crippen LogP) is 1.92. The molecule has 0 aliphatic heterocycles. The number of sulfone groups is 1. The zero-order valence-corrected chi connectivity index (χ0v) is 9.60. The molecule has 2 aromatic rings. The van der Waals surface area contributed by atoms with Gasteiger partial charge in [-0.3, -0.25) is 0 Å². The van der Waals surface area contributed by atoms with Crippen LogP contribution in [0, 0.1) is 6.92 Å². The minimum absolute atomic E-state index is 0.0422. The van der Waals surface area contributed by atoms with Crippen LogP contribution in [0.5, 0.6) is 0 Å². The van der Waals surface area contributed by atoms with Crippen LogP contribution in [0.4, 0.5) is 0 Å². The highest BCUT2D eigenvalue weighted by Crippen LogP contribution is 2.28. The number of fused-ring (bicyclic) bond motifs is 1. The van der Waals surface area contributed by atoms with Crippen LogP contribution in [0.2, 0.25) is 0 Å². The summed E-state index contributed by atoms with van der Waals surface area (Å²) in [4.78, 5) is 7.85. The standard InChI is InChI=1S/C9H8N2O2S2/c1-3-15(12,13)9-8-7(10-5-11-9)6(2)4-14-8/h3-5H,1H2,2H3. The second-order valence-corrected chi connectivity index (χ2v) is 5.68. The third kappa shape index (κ3) is 1.55. The molecule has 0 aliphatic rings. The molecule has 0 N–H and O–H groups in total. The first kappa shape index (κ1) is 10.3. The van der Waals surface area contributed by atoms with Gasteiger partial charge < -0.3 is 0 Å². The zero-order valence-electron chi connectivity index (χ0n) is 7.97. The van der Waals surface area contributed by atoms with E-state index in [1.807, 2.05) is 12.3 Å². The Hall–Kier alpha value is -1.27. The van der Waals surface area contributed by atoms with Crippen molar-refractivity contribution in [1.82, 2.24) is 9.97 Å². The fourth-order valence-corrected chi connectivity index (χ4v) is 3.31. The molecule has 0 saturated carbocycles. The van der Waals surface area contributed by atoms with Crippen LogP contribution < -0.4 is 0 Å². The third-order valence-electron chi connectivity index (χ3n) is 1.99. The molecular formula is C9H8N2O2S2. The van der Waals surface area contributed by atoms with Crippen LogP contribution in [0.25, 0.3) is 10.2 Å². The van der Waals surface area contributed by atoms with Crippen LogP contribution in [0.1, 0.15) is 5.56 Å². The molecule has 6 heteroatoms. The van der Waals surface area contributed by atoms with Crippen molar-refractivity contribution in [3.8, 4) is 0 Å². The van der Waals surface area contributed by atoms with Gasteiger partial charge >= 0.3 is 0 Å². The molecule has 0 aliphatic carbocycles. The largest absolute Gasteiger partial charge is 0.235 e. The zero-order chi connectivity index (χ0) is 11.1. The molecule has 0 unspecified atom stereocenters. The van der Waals surface area contributed by atoms with Crippen LogP contribution in [0.15, 0.2) is 28.7 Å². The number of hydrogen-bond acceptors (Lipinski definition) is 5. The van der Waals surface area contributed by atoms with Crippen molar-refractivity contribution in [3.05, 3.63) is 29.3 Å². The molecule has 0 saturated heterocycles. The van der Waals surface area contributed by atoms with E-state index in [9.17, 15) is 8.42 Å². The summed E-state index contributed by atoms with van der Waals surface area (Å²) in [5.74, 6) is 0. The molecule has 0 aromatic carbocycles. The van der Waals surface area contributed by atoms with Gasteiger partial charge in [0.1, 0.15) is 6.33 Å². The minimum atomic E-state index is -3.49. The van der Waals surface area contributed by atoms with Crippen molar-refractivity contribution in [2.45, 2.75) is 11.9 Å². The molecule has 2 rings (SSSR count). The number of aromatic nitrogens is 2. The SMILES string of the molecule is C=CS(=O)(=O)c1ncnc2c(C)csc12. The Morgan fingerprint density at radius 3 is 2.87 bits per heavy atom. The minimum Gasteiger partial charge on any atom is -0.235 e. The molecular weight excluding hydrogens is 232 g/mol. The highest BCUT2D eigenvalue weighted by Gasteiger charge is 2.17. The van der Waals surface area contributed by atoms with Gasteiger partial charge in [0.15, 0.2) is 5.03 Å².